The van der Waals surface area contributed by atoms with Gasteiger partial charge in [0.05, 0.1) is 0 Å². The van der Waals surface area contributed by atoms with Gasteiger partial charge in [-0.3, -0.25) is 4.99 Å². The van der Waals surface area contributed by atoms with Crippen LogP contribution in [0.5, 0.6) is 0 Å². The summed E-state index contributed by atoms with van der Waals surface area (Å²) < 4.78 is 0. The molecule has 0 radical (unpaired) electrons. The van der Waals surface area contributed by atoms with Crippen molar-refractivity contribution >= 4 is 5.96 Å². The molecule has 16 heavy (non-hydrogen) atoms. The molecule has 0 aromatic carbocycles. The van der Waals surface area contributed by atoms with Crippen molar-refractivity contribution in [3.63, 3.8) is 0 Å². The standard InChI is InChI=1S/C13H25N3/c1-4-13(6-5-7-13)9-15-12(14-3)16-11-8-10(11)2/h10-11H,4-9H2,1-3H3,(H2,14,15,16). The minimum absolute atomic E-state index is 0.562. The summed E-state index contributed by atoms with van der Waals surface area (Å²) in [7, 11) is 1.86. The molecular formula is C13H25N3. The molecular weight excluding hydrogens is 198 g/mol. The van der Waals surface area contributed by atoms with Crippen LogP contribution in [0.25, 0.3) is 0 Å². The molecule has 0 bridgehead atoms. The predicted molar refractivity (Wildman–Crippen MR) is 68.6 cm³/mol. The first-order valence-electron chi connectivity index (χ1n) is 6.66. The summed E-state index contributed by atoms with van der Waals surface area (Å²) in [5.74, 6) is 1.82. The largest absolute Gasteiger partial charge is 0.356 e. The zero-order chi connectivity index (χ0) is 11.6. The molecule has 2 atom stereocenters. The molecule has 2 fully saturated rings. The maximum Gasteiger partial charge on any atom is 0.191 e. The van der Waals surface area contributed by atoms with Crippen molar-refractivity contribution < 1.29 is 0 Å². The smallest absolute Gasteiger partial charge is 0.191 e. The van der Waals surface area contributed by atoms with Crippen LogP contribution in [-0.2, 0) is 0 Å². The first-order chi connectivity index (χ1) is 7.69. The Balaban J connectivity index is 1.74. The lowest BCUT2D eigenvalue weighted by Crippen LogP contribution is -2.46. The molecule has 92 valence electrons. The molecule has 0 aromatic rings. The van der Waals surface area contributed by atoms with Crippen LogP contribution in [0.15, 0.2) is 4.99 Å². The van der Waals surface area contributed by atoms with Gasteiger partial charge in [0.25, 0.3) is 0 Å². The van der Waals surface area contributed by atoms with Crippen molar-refractivity contribution in [1.29, 1.82) is 0 Å². The predicted octanol–water partition coefficient (Wildman–Crippen LogP) is 2.14. The van der Waals surface area contributed by atoms with E-state index in [-0.39, 0.29) is 0 Å². The minimum Gasteiger partial charge on any atom is -0.356 e. The van der Waals surface area contributed by atoms with Gasteiger partial charge in [-0.1, -0.05) is 20.3 Å². The lowest BCUT2D eigenvalue weighted by molar-refractivity contribution is 0.131. The maximum absolute atomic E-state index is 4.29. The molecule has 0 aliphatic heterocycles. The second-order valence-electron chi connectivity index (χ2n) is 5.60. The summed E-state index contributed by atoms with van der Waals surface area (Å²) in [6.07, 6.45) is 6.75. The third-order valence-corrected chi connectivity index (χ3v) is 4.45. The topological polar surface area (TPSA) is 36.4 Å². The van der Waals surface area contributed by atoms with E-state index >= 15 is 0 Å². The fourth-order valence-corrected chi connectivity index (χ4v) is 2.50. The van der Waals surface area contributed by atoms with Gasteiger partial charge < -0.3 is 10.6 Å². The van der Waals surface area contributed by atoms with Gasteiger partial charge in [0.1, 0.15) is 0 Å². The van der Waals surface area contributed by atoms with Gasteiger partial charge in [0.2, 0.25) is 0 Å². The van der Waals surface area contributed by atoms with E-state index in [1.807, 2.05) is 7.05 Å². The summed E-state index contributed by atoms with van der Waals surface area (Å²) in [5.41, 5.74) is 0.562. The molecule has 0 spiro atoms. The Morgan fingerprint density at radius 1 is 1.44 bits per heavy atom. The van der Waals surface area contributed by atoms with Crippen molar-refractivity contribution in [3.8, 4) is 0 Å². The van der Waals surface area contributed by atoms with Crippen molar-refractivity contribution in [2.45, 2.75) is 52.0 Å². The zero-order valence-electron chi connectivity index (χ0n) is 10.8. The number of nitrogens with one attached hydrogen (secondary N) is 2. The van der Waals surface area contributed by atoms with E-state index in [1.54, 1.807) is 0 Å². The Kier molecular flexibility index (Phi) is 3.41. The lowest BCUT2D eigenvalue weighted by atomic mass is 9.67. The first-order valence-corrected chi connectivity index (χ1v) is 6.66. The Hall–Kier alpha value is -0.730. The second-order valence-corrected chi connectivity index (χ2v) is 5.60. The van der Waals surface area contributed by atoms with Gasteiger partial charge in [0.15, 0.2) is 5.96 Å². The van der Waals surface area contributed by atoms with Crippen LogP contribution < -0.4 is 10.6 Å². The second kappa shape index (κ2) is 4.64. The molecule has 2 rings (SSSR count). The third-order valence-electron chi connectivity index (χ3n) is 4.45. The zero-order valence-corrected chi connectivity index (χ0v) is 10.8. The molecule has 0 heterocycles. The highest BCUT2D eigenvalue weighted by Crippen LogP contribution is 2.43. The number of nitrogens with zero attached hydrogens (tertiary/aromatic N) is 1. The first kappa shape index (κ1) is 11.7. The monoisotopic (exact) mass is 223 g/mol. The lowest BCUT2D eigenvalue weighted by Gasteiger charge is -2.41. The van der Waals surface area contributed by atoms with Crippen molar-refractivity contribution in [3.05, 3.63) is 0 Å². The molecule has 3 heteroatoms. The van der Waals surface area contributed by atoms with E-state index in [2.05, 4.69) is 29.5 Å². The Labute approximate surface area is 99.1 Å². The molecule has 2 aliphatic carbocycles. The molecule has 0 aromatic heterocycles. The van der Waals surface area contributed by atoms with Crippen LogP contribution in [0, 0.1) is 11.3 Å². The molecule has 0 amide bonds. The highest BCUT2D eigenvalue weighted by Gasteiger charge is 2.36. The van der Waals surface area contributed by atoms with Crippen molar-refractivity contribution in [2.24, 2.45) is 16.3 Å². The van der Waals surface area contributed by atoms with Gasteiger partial charge in [-0.15, -0.1) is 0 Å². The summed E-state index contributed by atoms with van der Waals surface area (Å²) in [4.78, 5) is 4.29. The Morgan fingerprint density at radius 3 is 2.50 bits per heavy atom. The van der Waals surface area contributed by atoms with Gasteiger partial charge in [-0.2, -0.15) is 0 Å². The molecule has 2 saturated carbocycles. The summed E-state index contributed by atoms with van der Waals surface area (Å²) >= 11 is 0. The fourth-order valence-electron chi connectivity index (χ4n) is 2.50. The third kappa shape index (κ3) is 2.50. The van der Waals surface area contributed by atoms with Crippen LogP contribution in [0.3, 0.4) is 0 Å². The van der Waals surface area contributed by atoms with E-state index < -0.39 is 0 Å². The average molecular weight is 223 g/mol. The SMILES string of the molecule is CCC1(CNC(=NC)NC2CC2C)CCC1. The van der Waals surface area contributed by atoms with E-state index in [1.165, 1.54) is 32.1 Å². The summed E-state index contributed by atoms with van der Waals surface area (Å²) in [6.45, 7) is 5.68. The maximum atomic E-state index is 4.29. The van der Waals surface area contributed by atoms with Gasteiger partial charge in [-0.25, -0.2) is 0 Å². The van der Waals surface area contributed by atoms with E-state index in [0.717, 1.165) is 18.4 Å². The molecule has 3 nitrogen and oxygen atoms in total. The van der Waals surface area contributed by atoms with Crippen LogP contribution in [0.1, 0.15) is 46.0 Å². The Bertz CT molecular complexity index is 263. The quantitative estimate of drug-likeness (QED) is 0.566. The van der Waals surface area contributed by atoms with Crippen LogP contribution in [-0.4, -0.2) is 25.6 Å². The van der Waals surface area contributed by atoms with E-state index in [0.29, 0.717) is 11.5 Å². The number of hydrogen-bond acceptors (Lipinski definition) is 1. The fraction of sp³-hybridized carbons (Fsp3) is 0.923. The normalized spacial score (nSPS) is 31.8. The average Bonchev–Trinajstić information content (AvgIpc) is 2.91. The van der Waals surface area contributed by atoms with Gasteiger partial charge >= 0.3 is 0 Å². The van der Waals surface area contributed by atoms with Gasteiger partial charge in [0, 0.05) is 19.6 Å². The van der Waals surface area contributed by atoms with Crippen LogP contribution in [0.2, 0.25) is 0 Å². The number of aliphatic imine (C=N–C) groups is 1. The van der Waals surface area contributed by atoms with Crippen molar-refractivity contribution in [2.75, 3.05) is 13.6 Å². The minimum atomic E-state index is 0.562. The molecule has 2 N–H and O–H groups in total. The van der Waals surface area contributed by atoms with E-state index in [4.69, 9.17) is 0 Å². The van der Waals surface area contributed by atoms with Crippen LogP contribution >= 0.6 is 0 Å². The van der Waals surface area contributed by atoms with Crippen molar-refractivity contribution in [1.82, 2.24) is 10.6 Å². The number of hydrogen-bond donors (Lipinski definition) is 2. The summed E-state index contributed by atoms with van der Waals surface area (Å²) in [5, 5.41) is 6.97. The number of guanidine groups is 1. The molecule has 0 saturated heterocycles. The Morgan fingerprint density at radius 2 is 2.12 bits per heavy atom. The number of rotatable bonds is 4. The van der Waals surface area contributed by atoms with E-state index in [9.17, 15) is 0 Å². The van der Waals surface area contributed by atoms with Crippen LogP contribution in [0.4, 0.5) is 0 Å². The highest BCUT2D eigenvalue weighted by atomic mass is 15.2. The molecule has 2 unspecified atom stereocenters. The summed E-state index contributed by atoms with van der Waals surface area (Å²) in [6, 6.07) is 0.658. The van der Waals surface area contributed by atoms with Gasteiger partial charge in [-0.05, 0) is 37.0 Å². The highest BCUT2D eigenvalue weighted by molar-refractivity contribution is 5.80. The molecule has 2 aliphatic rings.